The molecule has 0 aromatic carbocycles. The molecule has 3 nitrogen and oxygen atoms in total. The highest BCUT2D eigenvalue weighted by Gasteiger charge is 2.22. The number of hydrogen-bond acceptors (Lipinski definition) is 3. The van der Waals surface area contributed by atoms with Crippen LogP contribution in [0.2, 0.25) is 0 Å². The van der Waals surface area contributed by atoms with Crippen molar-refractivity contribution in [1.82, 2.24) is 15.2 Å². The third-order valence-electron chi connectivity index (χ3n) is 3.68. The zero-order chi connectivity index (χ0) is 13.0. The minimum Gasteiger partial charge on any atom is -0.314 e. The first-order chi connectivity index (χ1) is 8.65. The van der Waals surface area contributed by atoms with E-state index in [1.807, 2.05) is 12.3 Å². The number of nitrogens with one attached hydrogen (secondary N) is 1. The van der Waals surface area contributed by atoms with E-state index in [0.717, 1.165) is 19.0 Å². The van der Waals surface area contributed by atoms with E-state index in [-0.39, 0.29) is 0 Å². The lowest BCUT2D eigenvalue weighted by molar-refractivity contribution is 0.308. The summed E-state index contributed by atoms with van der Waals surface area (Å²) in [6.07, 6.45) is 3.21. The van der Waals surface area contributed by atoms with Crippen LogP contribution in [-0.2, 0) is 6.54 Å². The number of likely N-dealkylation sites (tertiary alicyclic amines) is 1. The standard InChI is InChI=1S/C15H25N3/c1-12(2)17-9-14-6-8-18(10-14)11-15-13(3)5-4-7-16-15/h4-5,7,12,14,17H,6,8-11H2,1-3H3. The Balaban J connectivity index is 1.81. The number of nitrogens with zero attached hydrogens (tertiary/aromatic N) is 2. The lowest BCUT2D eigenvalue weighted by atomic mass is 10.1. The van der Waals surface area contributed by atoms with Crippen LogP contribution in [0, 0.1) is 12.8 Å². The average molecular weight is 247 g/mol. The number of pyridine rings is 1. The lowest BCUT2D eigenvalue weighted by Gasteiger charge is -2.17. The van der Waals surface area contributed by atoms with E-state index in [1.165, 1.54) is 30.8 Å². The molecule has 0 spiro atoms. The summed E-state index contributed by atoms with van der Waals surface area (Å²) in [5.41, 5.74) is 2.54. The predicted molar refractivity (Wildman–Crippen MR) is 75.5 cm³/mol. The normalized spacial score (nSPS) is 20.8. The Morgan fingerprint density at radius 1 is 1.50 bits per heavy atom. The minimum atomic E-state index is 0.595. The molecule has 18 heavy (non-hydrogen) atoms. The van der Waals surface area contributed by atoms with Crippen LogP contribution in [-0.4, -0.2) is 35.6 Å². The minimum absolute atomic E-state index is 0.595. The van der Waals surface area contributed by atoms with Crippen LogP contribution in [0.3, 0.4) is 0 Å². The van der Waals surface area contributed by atoms with Crippen molar-refractivity contribution in [1.29, 1.82) is 0 Å². The highest BCUT2D eigenvalue weighted by molar-refractivity contribution is 5.17. The van der Waals surface area contributed by atoms with Gasteiger partial charge in [-0.1, -0.05) is 19.9 Å². The molecule has 2 rings (SSSR count). The molecule has 0 saturated carbocycles. The van der Waals surface area contributed by atoms with Gasteiger partial charge in [0.25, 0.3) is 0 Å². The summed E-state index contributed by atoms with van der Waals surface area (Å²) >= 11 is 0. The molecule has 0 amide bonds. The fraction of sp³-hybridized carbons (Fsp3) is 0.667. The highest BCUT2D eigenvalue weighted by Crippen LogP contribution is 2.18. The maximum absolute atomic E-state index is 4.48. The zero-order valence-corrected chi connectivity index (χ0v) is 11.8. The van der Waals surface area contributed by atoms with Crippen LogP contribution in [0.5, 0.6) is 0 Å². The fourth-order valence-corrected chi connectivity index (χ4v) is 2.52. The van der Waals surface area contributed by atoms with Crippen molar-refractivity contribution in [3.05, 3.63) is 29.6 Å². The molecular weight excluding hydrogens is 222 g/mol. The Labute approximate surface area is 111 Å². The van der Waals surface area contributed by atoms with Gasteiger partial charge in [0.15, 0.2) is 0 Å². The van der Waals surface area contributed by atoms with Crippen LogP contribution in [0.4, 0.5) is 0 Å². The van der Waals surface area contributed by atoms with Crippen molar-refractivity contribution in [2.24, 2.45) is 5.92 Å². The second kappa shape index (κ2) is 6.30. The van der Waals surface area contributed by atoms with Crippen molar-refractivity contribution in [3.8, 4) is 0 Å². The maximum atomic E-state index is 4.48. The van der Waals surface area contributed by atoms with Gasteiger partial charge in [0.2, 0.25) is 0 Å². The van der Waals surface area contributed by atoms with Gasteiger partial charge in [-0.05, 0) is 44.0 Å². The largest absolute Gasteiger partial charge is 0.314 e. The van der Waals surface area contributed by atoms with Gasteiger partial charge in [-0.2, -0.15) is 0 Å². The summed E-state index contributed by atoms with van der Waals surface area (Å²) in [7, 11) is 0. The zero-order valence-electron chi connectivity index (χ0n) is 11.8. The van der Waals surface area contributed by atoms with E-state index in [2.05, 4.69) is 42.0 Å². The van der Waals surface area contributed by atoms with E-state index in [4.69, 9.17) is 0 Å². The Kier molecular flexibility index (Phi) is 4.72. The van der Waals surface area contributed by atoms with Crippen molar-refractivity contribution in [2.45, 2.75) is 39.8 Å². The second-order valence-electron chi connectivity index (χ2n) is 5.72. The number of aromatic nitrogens is 1. The smallest absolute Gasteiger partial charge is 0.0573 e. The molecule has 1 aliphatic rings. The van der Waals surface area contributed by atoms with Crippen molar-refractivity contribution in [2.75, 3.05) is 19.6 Å². The first-order valence-corrected chi connectivity index (χ1v) is 7.01. The van der Waals surface area contributed by atoms with Gasteiger partial charge in [-0.3, -0.25) is 9.88 Å². The van der Waals surface area contributed by atoms with Gasteiger partial charge >= 0.3 is 0 Å². The van der Waals surface area contributed by atoms with Gasteiger partial charge in [0.05, 0.1) is 5.69 Å². The first-order valence-electron chi connectivity index (χ1n) is 7.01. The van der Waals surface area contributed by atoms with E-state index >= 15 is 0 Å². The van der Waals surface area contributed by atoms with Crippen LogP contribution in [0.15, 0.2) is 18.3 Å². The van der Waals surface area contributed by atoms with Crippen LogP contribution in [0.1, 0.15) is 31.5 Å². The van der Waals surface area contributed by atoms with Gasteiger partial charge in [-0.15, -0.1) is 0 Å². The molecule has 1 fully saturated rings. The Morgan fingerprint density at radius 3 is 3.06 bits per heavy atom. The SMILES string of the molecule is Cc1cccnc1CN1CCC(CNC(C)C)C1. The molecule has 3 heteroatoms. The molecular formula is C15H25N3. The van der Waals surface area contributed by atoms with E-state index in [9.17, 15) is 0 Å². The third-order valence-corrected chi connectivity index (χ3v) is 3.68. The van der Waals surface area contributed by atoms with E-state index in [0.29, 0.717) is 6.04 Å². The monoisotopic (exact) mass is 247 g/mol. The molecule has 1 N–H and O–H groups in total. The molecule has 1 saturated heterocycles. The maximum Gasteiger partial charge on any atom is 0.0573 e. The van der Waals surface area contributed by atoms with Crippen molar-refractivity contribution < 1.29 is 0 Å². The molecule has 0 aliphatic carbocycles. The number of hydrogen-bond donors (Lipinski definition) is 1. The summed E-state index contributed by atoms with van der Waals surface area (Å²) in [6, 6.07) is 4.76. The van der Waals surface area contributed by atoms with Gasteiger partial charge in [0, 0.05) is 25.3 Å². The van der Waals surface area contributed by atoms with Crippen LogP contribution in [0.25, 0.3) is 0 Å². The molecule has 1 unspecified atom stereocenters. The van der Waals surface area contributed by atoms with Crippen molar-refractivity contribution >= 4 is 0 Å². The third kappa shape index (κ3) is 3.79. The van der Waals surface area contributed by atoms with E-state index in [1.54, 1.807) is 0 Å². The first kappa shape index (κ1) is 13.5. The van der Waals surface area contributed by atoms with Gasteiger partial charge in [0.1, 0.15) is 0 Å². The summed E-state index contributed by atoms with van der Waals surface area (Å²) in [5, 5.41) is 3.54. The number of rotatable bonds is 5. The molecule has 1 aromatic heterocycles. The average Bonchev–Trinajstić information content (AvgIpc) is 2.77. The number of aryl methyl sites for hydroxylation is 1. The fourth-order valence-electron chi connectivity index (χ4n) is 2.52. The Hall–Kier alpha value is -0.930. The summed E-state index contributed by atoms with van der Waals surface area (Å²) in [5.74, 6) is 0.802. The Morgan fingerprint density at radius 2 is 2.33 bits per heavy atom. The molecule has 1 aromatic rings. The summed E-state index contributed by atoms with van der Waals surface area (Å²) in [4.78, 5) is 7.01. The predicted octanol–water partition coefficient (Wildman–Crippen LogP) is 2.21. The molecule has 1 atom stereocenters. The second-order valence-corrected chi connectivity index (χ2v) is 5.72. The molecule has 2 heterocycles. The van der Waals surface area contributed by atoms with Gasteiger partial charge in [-0.25, -0.2) is 0 Å². The lowest BCUT2D eigenvalue weighted by Crippen LogP contribution is -2.30. The molecule has 100 valence electrons. The van der Waals surface area contributed by atoms with Crippen LogP contribution < -0.4 is 5.32 Å². The van der Waals surface area contributed by atoms with E-state index < -0.39 is 0 Å². The molecule has 0 radical (unpaired) electrons. The topological polar surface area (TPSA) is 28.2 Å². The molecule has 0 bridgehead atoms. The quantitative estimate of drug-likeness (QED) is 0.864. The van der Waals surface area contributed by atoms with Crippen LogP contribution >= 0.6 is 0 Å². The molecule has 1 aliphatic heterocycles. The highest BCUT2D eigenvalue weighted by atomic mass is 15.2. The summed E-state index contributed by atoms with van der Waals surface area (Å²) < 4.78 is 0. The Bertz CT molecular complexity index is 376. The van der Waals surface area contributed by atoms with Gasteiger partial charge < -0.3 is 5.32 Å². The van der Waals surface area contributed by atoms with Crippen molar-refractivity contribution in [3.63, 3.8) is 0 Å². The summed E-state index contributed by atoms with van der Waals surface area (Å²) in [6.45, 7) is 11.1.